The minimum Gasteiger partial charge on any atom is -0.497 e. The predicted octanol–water partition coefficient (Wildman–Crippen LogP) is 2.45. The van der Waals surface area contributed by atoms with E-state index in [0.717, 1.165) is 24.2 Å². The summed E-state index contributed by atoms with van der Waals surface area (Å²) in [6, 6.07) is 14.7. The van der Waals surface area contributed by atoms with Gasteiger partial charge in [0.05, 0.1) is 24.1 Å². The molecule has 1 fully saturated rings. The quantitative estimate of drug-likeness (QED) is 0.722. The number of nitrogens with zero attached hydrogens (tertiary/aromatic N) is 2. The molecule has 4 rings (SSSR count). The number of hydrogen-bond donors (Lipinski definition) is 1. The number of carbonyl (C=O) groups excluding carboxylic acids is 1. The summed E-state index contributed by atoms with van der Waals surface area (Å²) >= 11 is 0. The number of ether oxygens (including phenoxy) is 1. The minimum absolute atomic E-state index is 0.00231. The summed E-state index contributed by atoms with van der Waals surface area (Å²) in [4.78, 5) is 41.5. The number of likely N-dealkylation sites (tertiary alicyclic amines) is 1. The predicted molar refractivity (Wildman–Crippen MR) is 110 cm³/mol. The van der Waals surface area contributed by atoms with Gasteiger partial charge < -0.3 is 9.64 Å². The number of aromatic nitrogens is 2. The zero-order chi connectivity index (χ0) is 20.4. The molecule has 0 spiro atoms. The number of fused-ring (bicyclic) bond motifs is 1. The molecule has 1 unspecified atom stereocenters. The third-order valence-corrected chi connectivity index (χ3v) is 5.51. The van der Waals surface area contributed by atoms with Crippen LogP contribution >= 0.6 is 0 Å². The molecule has 0 saturated carbocycles. The van der Waals surface area contributed by atoms with Crippen molar-refractivity contribution in [2.75, 3.05) is 13.7 Å². The Bertz CT molecular complexity index is 1160. The highest BCUT2D eigenvalue weighted by Gasteiger charge is 2.30. The Balaban J connectivity index is 1.55. The van der Waals surface area contributed by atoms with Gasteiger partial charge >= 0.3 is 5.69 Å². The van der Waals surface area contributed by atoms with Crippen molar-refractivity contribution in [3.8, 4) is 5.75 Å². The molecule has 1 N–H and O–H groups in total. The van der Waals surface area contributed by atoms with E-state index in [9.17, 15) is 14.4 Å². The smallest absolute Gasteiger partial charge is 0.328 e. The van der Waals surface area contributed by atoms with E-state index >= 15 is 0 Å². The first-order valence-corrected chi connectivity index (χ1v) is 9.74. The standard InChI is InChI=1S/C22H23N3O4/c1-29-16-7-4-6-15(14-16)18-10-5-12-24(18)20(26)11-13-25-19-9-3-2-8-17(19)21(27)23-22(25)28/h2-4,6-9,14,18H,5,10-13H2,1H3,(H,23,27,28). The largest absolute Gasteiger partial charge is 0.497 e. The number of methoxy groups -OCH3 is 1. The van der Waals surface area contributed by atoms with E-state index in [4.69, 9.17) is 4.74 Å². The lowest BCUT2D eigenvalue weighted by molar-refractivity contribution is -0.132. The van der Waals surface area contributed by atoms with Crippen molar-refractivity contribution in [3.05, 3.63) is 74.9 Å². The van der Waals surface area contributed by atoms with E-state index < -0.39 is 11.2 Å². The molecule has 0 aliphatic carbocycles. The average molecular weight is 393 g/mol. The molecule has 0 radical (unpaired) electrons. The topological polar surface area (TPSA) is 84.4 Å². The summed E-state index contributed by atoms with van der Waals surface area (Å²) in [6.07, 6.45) is 2.03. The highest BCUT2D eigenvalue weighted by molar-refractivity contribution is 5.79. The summed E-state index contributed by atoms with van der Waals surface area (Å²) in [7, 11) is 1.63. The summed E-state index contributed by atoms with van der Waals surface area (Å²) in [5, 5.41) is 0.440. The Morgan fingerprint density at radius 3 is 2.83 bits per heavy atom. The first-order valence-electron chi connectivity index (χ1n) is 9.74. The molecule has 1 aromatic heterocycles. The highest BCUT2D eigenvalue weighted by Crippen LogP contribution is 2.33. The second-order valence-corrected chi connectivity index (χ2v) is 7.20. The minimum atomic E-state index is -0.493. The van der Waals surface area contributed by atoms with Crippen LogP contribution in [0.25, 0.3) is 10.9 Å². The number of nitrogens with one attached hydrogen (secondary N) is 1. The third kappa shape index (κ3) is 3.68. The molecular formula is C22H23N3O4. The van der Waals surface area contributed by atoms with Crippen LogP contribution in [-0.4, -0.2) is 34.0 Å². The Hall–Kier alpha value is -3.35. The number of aryl methyl sites for hydroxylation is 1. The number of rotatable bonds is 5. The molecule has 1 amide bonds. The fourth-order valence-electron chi connectivity index (χ4n) is 4.08. The van der Waals surface area contributed by atoms with Gasteiger partial charge in [0, 0.05) is 19.5 Å². The Labute approximate surface area is 167 Å². The molecule has 1 atom stereocenters. The van der Waals surface area contributed by atoms with E-state index in [0.29, 0.717) is 17.4 Å². The van der Waals surface area contributed by atoms with Crippen molar-refractivity contribution in [1.29, 1.82) is 0 Å². The molecule has 2 aromatic carbocycles. The fourth-order valence-corrected chi connectivity index (χ4v) is 4.08. The molecule has 7 heteroatoms. The molecule has 1 aliphatic rings. The number of para-hydroxylation sites is 1. The van der Waals surface area contributed by atoms with Gasteiger partial charge in [-0.25, -0.2) is 4.79 Å². The van der Waals surface area contributed by atoms with Crippen LogP contribution in [0.4, 0.5) is 0 Å². The number of carbonyl (C=O) groups is 1. The van der Waals surface area contributed by atoms with E-state index in [-0.39, 0.29) is 24.9 Å². The van der Waals surface area contributed by atoms with Crippen LogP contribution < -0.4 is 16.0 Å². The molecule has 3 aromatic rings. The lowest BCUT2D eigenvalue weighted by Gasteiger charge is -2.25. The Kier molecular flexibility index (Phi) is 5.20. The van der Waals surface area contributed by atoms with E-state index in [1.807, 2.05) is 29.2 Å². The van der Waals surface area contributed by atoms with Gasteiger partial charge in [0.25, 0.3) is 5.56 Å². The van der Waals surface area contributed by atoms with Gasteiger partial charge in [-0.3, -0.25) is 19.1 Å². The number of H-pyrrole nitrogens is 1. The summed E-state index contributed by atoms with van der Waals surface area (Å²) in [5.41, 5.74) is 0.694. The van der Waals surface area contributed by atoms with Crippen LogP contribution in [-0.2, 0) is 11.3 Å². The van der Waals surface area contributed by atoms with Crippen molar-refractivity contribution in [2.24, 2.45) is 0 Å². The first-order chi connectivity index (χ1) is 14.1. The lowest BCUT2D eigenvalue weighted by Crippen LogP contribution is -2.34. The van der Waals surface area contributed by atoms with E-state index in [1.165, 1.54) is 4.57 Å². The zero-order valence-corrected chi connectivity index (χ0v) is 16.3. The number of amides is 1. The zero-order valence-electron chi connectivity index (χ0n) is 16.3. The van der Waals surface area contributed by atoms with Gasteiger partial charge in [-0.2, -0.15) is 0 Å². The fraction of sp³-hybridized carbons (Fsp3) is 0.318. The SMILES string of the molecule is COc1cccc(C2CCCN2C(=O)CCn2c(=O)[nH]c(=O)c3ccccc32)c1. The molecule has 1 aliphatic heterocycles. The van der Waals surface area contributed by atoms with Crippen molar-refractivity contribution in [1.82, 2.24) is 14.5 Å². The van der Waals surface area contributed by atoms with Gasteiger partial charge in [0.2, 0.25) is 5.91 Å². The average Bonchev–Trinajstić information content (AvgIpc) is 3.23. The van der Waals surface area contributed by atoms with Crippen molar-refractivity contribution < 1.29 is 9.53 Å². The normalized spacial score (nSPS) is 16.3. The van der Waals surface area contributed by atoms with Crippen molar-refractivity contribution in [2.45, 2.75) is 31.8 Å². The van der Waals surface area contributed by atoms with Gasteiger partial charge in [-0.05, 0) is 42.7 Å². The van der Waals surface area contributed by atoms with Crippen LogP contribution in [0.3, 0.4) is 0 Å². The van der Waals surface area contributed by atoms with Gasteiger partial charge in [-0.15, -0.1) is 0 Å². The number of hydrogen-bond acceptors (Lipinski definition) is 4. The molecule has 0 bridgehead atoms. The third-order valence-electron chi connectivity index (χ3n) is 5.51. The molecule has 2 heterocycles. The van der Waals surface area contributed by atoms with Gasteiger partial charge in [0.15, 0.2) is 0 Å². The van der Waals surface area contributed by atoms with E-state index in [1.54, 1.807) is 31.4 Å². The van der Waals surface area contributed by atoms with Crippen LogP contribution in [0.1, 0.15) is 30.9 Å². The second-order valence-electron chi connectivity index (χ2n) is 7.20. The second kappa shape index (κ2) is 7.95. The lowest BCUT2D eigenvalue weighted by atomic mass is 10.0. The highest BCUT2D eigenvalue weighted by atomic mass is 16.5. The molecule has 1 saturated heterocycles. The van der Waals surface area contributed by atoms with E-state index in [2.05, 4.69) is 4.98 Å². The Morgan fingerprint density at radius 2 is 2.00 bits per heavy atom. The van der Waals surface area contributed by atoms with Crippen LogP contribution in [0.15, 0.2) is 58.1 Å². The molecule has 150 valence electrons. The number of benzene rings is 2. The number of aromatic amines is 1. The summed E-state index contributed by atoms with van der Waals surface area (Å²) in [6.45, 7) is 0.915. The van der Waals surface area contributed by atoms with Crippen molar-refractivity contribution in [3.63, 3.8) is 0 Å². The molecule has 7 nitrogen and oxygen atoms in total. The maximum absolute atomic E-state index is 13.0. The van der Waals surface area contributed by atoms with Crippen molar-refractivity contribution >= 4 is 16.8 Å². The Morgan fingerprint density at radius 1 is 1.17 bits per heavy atom. The van der Waals surface area contributed by atoms with Crippen LogP contribution in [0, 0.1) is 0 Å². The van der Waals surface area contributed by atoms with Crippen LogP contribution in [0.5, 0.6) is 5.75 Å². The summed E-state index contributed by atoms with van der Waals surface area (Å²) in [5.74, 6) is 0.769. The first kappa shape index (κ1) is 19.0. The van der Waals surface area contributed by atoms with Gasteiger partial charge in [0.1, 0.15) is 5.75 Å². The molecule has 29 heavy (non-hydrogen) atoms. The van der Waals surface area contributed by atoms with Crippen LogP contribution in [0.2, 0.25) is 0 Å². The summed E-state index contributed by atoms with van der Waals surface area (Å²) < 4.78 is 6.77. The maximum Gasteiger partial charge on any atom is 0.328 e. The van der Waals surface area contributed by atoms with Gasteiger partial charge in [-0.1, -0.05) is 24.3 Å². The monoisotopic (exact) mass is 393 g/mol. The maximum atomic E-state index is 13.0. The molecular weight excluding hydrogens is 370 g/mol.